The Hall–Kier alpha value is -1.00. The zero-order valence-electron chi connectivity index (χ0n) is 7.41. The van der Waals surface area contributed by atoms with Gasteiger partial charge in [0, 0.05) is 0 Å². The molecule has 1 aliphatic rings. The topological polar surface area (TPSA) is 29.5 Å². The van der Waals surface area contributed by atoms with Crippen LogP contribution in [0.5, 0.6) is 0 Å². The molecule has 2 rings (SSSR count). The molecule has 14 heavy (non-hydrogen) atoms. The van der Waals surface area contributed by atoms with Crippen LogP contribution in [0.1, 0.15) is 22.8 Å². The molecule has 1 heterocycles. The number of benzene rings is 1. The molecule has 4 heteroatoms. The average Bonchev–Trinajstić information content (AvgIpc) is 2.62. The highest BCUT2D eigenvalue weighted by Crippen LogP contribution is 2.26. The summed E-state index contributed by atoms with van der Waals surface area (Å²) in [5, 5.41) is 9.14. The van der Waals surface area contributed by atoms with Gasteiger partial charge in [0.1, 0.15) is 6.10 Å². The lowest BCUT2D eigenvalue weighted by Crippen LogP contribution is -2.08. The van der Waals surface area contributed by atoms with Crippen molar-refractivity contribution in [2.45, 2.75) is 25.7 Å². The van der Waals surface area contributed by atoms with Gasteiger partial charge in [-0.3, -0.25) is 0 Å². The Kier molecular flexibility index (Phi) is 2.48. The van der Waals surface area contributed by atoms with E-state index in [1.165, 1.54) is 6.07 Å². The summed E-state index contributed by atoms with van der Waals surface area (Å²) < 4.78 is 29.5. The largest absolute Gasteiger partial charge is 0.382 e. The second-order valence-corrected chi connectivity index (χ2v) is 3.30. The molecule has 0 bridgehead atoms. The van der Waals surface area contributed by atoms with Gasteiger partial charge in [-0.2, -0.15) is 0 Å². The first-order valence-electron chi connectivity index (χ1n) is 4.34. The summed E-state index contributed by atoms with van der Waals surface area (Å²) in [6.45, 7) is 0.972. The smallest absolute Gasteiger partial charge is 0.268 e. The lowest BCUT2D eigenvalue weighted by atomic mass is 10.0. The van der Waals surface area contributed by atoms with Crippen LogP contribution < -0.4 is 0 Å². The Balaban J connectivity index is 2.28. The molecule has 0 aliphatic carbocycles. The minimum atomic E-state index is -2.74. The van der Waals surface area contributed by atoms with Crippen molar-refractivity contribution in [3.05, 3.63) is 34.9 Å². The highest BCUT2D eigenvalue weighted by Gasteiger charge is 2.21. The first-order chi connectivity index (χ1) is 6.68. The van der Waals surface area contributed by atoms with E-state index in [0.29, 0.717) is 13.2 Å². The molecular formula is C10H10F2O2. The van der Waals surface area contributed by atoms with Crippen molar-refractivity contribution < 1.29 is 18.6 Å². The summed E-state index contributed by atoms with van der Waals surface area (Å²) in [4.78, 5) is 0. The van der Waals surface area contributed by atoms with Crippen LogP contribution in [0.15, 0.2) is 18.2 Å². The lowest BCUT2D eigenvalue weighted by molar-refractivity contribution is -0.00583. The highest BCUT2D eigenvalue weighted by molar-refractivity contribution is 5.34. The Bertz CT molecular complexity index is 339. The maximum atomic E-state index is 12.2. The Morgan fingerprint density at radius 1 is 1.21 bits per heavy atom. The van der Waals surface area contributed by atoms with Gasteiger partial charge in [0.2, 0.25) is 0 Å². The third-order valence-electron chi connectivity index (χ3n) is 2.33. The highest BCUT2D eigenvalue weighted by atomic mass is 19.3. The van der Waals surface area contributed by atoms with Gasteiger partial charge < -0.3 is 9.84 Å². The molecule has 0 spiro atoms. The van der Waals surface area contributed by atoms with Crippen LogP contribution in [0.4, 0.5) is 8.78 Å². The number of hydrogen-bond donors (Lipinski definition) is 1. The van der Waals surface area contributed by atoms with Crippen LogP contribution in [-0.4, -0.2) is 11.5 Å². The van der Waals surface area contributed by atoms with Gasteiger partial charge >= 0.3 is 0 Å². The first-order valence-corrected chi connectivity index (χ1v) is 4.34. The number of hydrogen-bond acceptors (Lipinski definition) is 2. The fourth-order valence-electron chi connectivity index (χ4n) is 1.52. The fourth-order valence-corrected chi connectivity index (χ4v) is 1.52. The van der Waals surface area contributed by atoms with E-state index in [1.54, 1.807) is 12.1 Å². The maximum Gasteiger partial charge on any atom is 0.268 e. The predicted octanol–water partition coefficient (Wildman–Crippen LogP) is 2.02. The number of aliphatic hydroxyl groups is 1. The summed E-state index contributed by atoms with van der Waals surface area (Å²) >= 11 is 0. The van der Waals surface area contributed by atoms with Gasteiger partial charge in [0.25, 0.3) is 6.43 Å². The minimum absolute atomic E-state index is 0.254. The molecule has 1 atom stereocenters. The molecule has 1 aromatic carbocycles. The van der Waals surface area contributed by atoms with Crippen LogP contribution in [0.25, 0.3) is 0 Å². The molecule has 0 aromatic heterocycles. The van der Waals surface area contributed by atoms with E-state index >= 15 is 0 Å². The molecule has 1 N–H and O–H groups in total. The standard InChI is InChI=1S/C10H10F2O2/c11-10(12)9(13)6-1-2-7-4-14-5-8(7)3-6/h1-3,9-10,13H,4-5H2. The van der Waals surface area contributed by atoms with E-state index in [1.807, 2.05) is 0 Å². The lowest BCUT2D eigenvalue weighted by Gasteiger charge is -2.10. The van der Waals surface area contributed by atoms with E-state index in [9.17, 15) is 8.78 Å². The number of alkyl halides is 2. The molecule has 0 radical (unpaired) electrons. The molecule has 1 aliphatic heterocycles. The zero-order chi connectivity index (χ0) is 10.1. The number of ether oxygens (including phenoxy) is 1. The Labute approximate surface area is 80.1 Å². The molecular weight excluding hydrogens is 190 g/mol. The van der Waals surface area contributed by atoms with E-state index in [-0.39, 0.29) is 5.56 Å². The second kappa shape index (κ2) is 3.63. The molecule has 1 aromatic rings. The maximum absolute atomic E-state index is 12.2. The van der Waals surface area contributed by atoms with E-state index in [2.05, 4.69) is 0 Å². The second-order valence-electron chi connectivity index (χ2n) is 3.30. The van der Waals surface area contributed by atoms with Gasteiger partial charge in [-0.1, -0.05) is 18.2 Å². The van der Waals surface area contributed by atoms with Crippen LogP contribution in [0.2, 0.25) is 0 Å². The third kappa shape index (κ3) is 1.63. The number of halogens is 2. The fraction of sp³-hybridized carbons (Fsp3) is 0.400. The number of fused-ring (bicyclic) bond motifs is 1. The van der Waals surface area contributed by atoms with Gasteiger partial charge in [-0.05, 0) is 16.7 Å². The van der Waals surface area contributed by atoms with Crippen molar-refractivity contribution in [3.8, 4) is 0 Å². The Morgan fingerprint density at radius 3 is 2.64 bits per heavy atom. The molecule has 2 nitrogen and oxygen atoms in total. The summed E-state index contributed by atoms with van der Waals surface area (Å²) in [6, 6.07) is 4.83. The summed E-state index contributed by atoms with van der Waals surface area (Å²) in [5.74, 6) is 0. The van der Waals surface area contributed by atoms with Crippen molar-refractivity contribution in [3.63, 3.8) is 0 Å². The summed E-state index contributed by atoms with van der Waals surface area (Å²) in [7, 11) is 0. The van der Waals surface area contributed by atoms with Crippen molar-refractivity contribution in [1.82, 2.24) is 0 Å². The van der Waals surface area contributed by atoms with E-state index in [4.69, 9.17) is 9.84 Å². The van der Waals surface area contributed by atoms with Crippen LogP contribution in [0, 0.1) is 0 Å². The van der Waals surface area contributed by atoms with E-state index in [0.717, 1.165) is 11.1 Å². The van der Waals surface area contributed by atoms with Gasteiger partial charge in [0.05, 0.1) is 13.2 Å². The van der Waals surface area contributed by atoms with Crippen molar-refractivity contribution >= 4 is 0 Å². The SMILES string of the molecule is OC(c1ccc2c(c1)COC2)C(F)F. The normalized spacial score (nSPS) is 17.1. The molecule has 1 unspecified atom stereocenters. The third-order valence-corrected chi connectivity index (χ3v) is 2.33. The van der Waals surface area contributed by atoms with Gasteiger partial charge in [-0.25, -0.2) is 8.78 Å². The monoisotopic (exact) mass is 200 g/mol. The average molecular weight is 200 g/mol. The van der Waals surface area contributed by atoms with Crippen LogP contribution in [-0.2, 0) is 18.0 Å². The van der Waals surface area contributed by atoms with Crippen molar-refractivity contribution in [1.29, 1.82) is 0 Å². The van der Waals surface area contributed by atoms with Gasteiger partial charge in [-0.15, -0.1) is 0 Å². The molecule has 0 saturated heterocycles. The zero-order valence-corrected chi connectivity index (χ0v) is 7.41. The minimum Gasteiger partial charge on any atom is -0.382 e. The summed E-state index contributed by atoms with van der Waals surface area (Å²) in [6.07, 6.45) is -4.43. The predicted molar refractivity (Wildman–Crippen MR) is 45.9 cm³/mol. The molecule has 76 valence electrons. The van der Waals surface area contributed by atoms with Crippen LogP contribution in [0.3, 0.4) is 0 Å². The van der Waals surface area contributed by atoms with Gasteiger partial charge in [0.15, 0.2) is 0 Å². The molecule has 0 amide bonds. The number of aliphatic hydroxyl groups excluding tert-OH is 1. The van der Waals surface area contributed by atoms with Crippen molar-refractivity contribution in [2.75, 3.05) is 0 Å². The molecule has 0 fully saturated rings. The quantitative estimate of drug-likeness (QED) is 0.791. The van der Waals surface area contributed by atoms with Crippen LogP contribution >= 0.6 is 0 Å². The molecule has 0 saturated carbocycles. The summed E-state index contributed by atoms with van der Waals surface area (Å²) in [5.41, 5.74) is 2.15. The van der Waals surface area contributed by atoms with E-state index < -0.39 is 12.5 Å². The first kappa shape index (κ1) is 9.55. The number of rotatable bonds is 2. The van der Waals surface area contributed by atoms with Crippen molar-refractivity contribution in [2.24, 2.45) is 0 Å². The Morgan fingerprint density at radius 2 is 1.93 bits per heavy atom.